The van der Waals surface area contributed by atoms with Crippen LogP contribution >= 0.6 is 39.0 Å². The molecule has 1 N–H and O–H groups in total. The first-order valence-corrected chi connectivity index (χ1v) is 9.73. The number of aromatic nitrogens is 1. The number of carbonyl (C=O) groups is 1. The minimum Gasteiger partial charge on any atom is -0.325 e. The number of hydrogen-bond acceptors (Lipinski definition) is 4. The Morgan fingerprint density at radius 3 is 2.70 bits per heavy atom. The number of para-hydroxylation sites is 1. The predicted molar refractivity (Wildman–Crippen MR) is 102 cm³/mol. The summed E-state index contributed by atoms with van der Waals surface area (Å²) in [6.45, 7) is 2.02. The molecule has 3 aromatic rings. The van der Waals surface area contributed by atoms with Crippen LogP contribution in [0.2, 0.25) is 0 Å². The fraction of sp³-hybridized carbons (Fsp3) is 0.176. The quantitative estimate of drug-likeness (QED) is 0.563. The molecule has 1 aromatic heterocycles. The highest BCUT2D eigenvalue weighted by molar-refractivity contribution is 9.10. The summed E-state index contributed by atoms with van der Waals surface area (Å²) in [5.74, 6) is 0.0130. The Morgan fingerprint density at radius 1 is 1.26 bits per heavy atom. The monoisotopic (exact) mass is 406 g/mol. The molecule has 2 aromatic carbocycles. The normalized spacial score (nSPS) is 12.3. The number of nitrogens with one attached hydrogen (secondary N) is 1. The number of thiazole rings is 1. The van der Waals surface area contributed by atoms with Crippen LogP contribution in [0.15, 0.2) is 57.3 Å². The van der Waals surface area contributed by atoms with Crippen LogP contribution in [0.3, 0.4) is 0 Å². The summed E-state index contributed by atoms with van der Waals surface area (Å²) < 4.78 is 3.08. The zero-order valence-corrected chi connectivity index (χ0v) is 15.7. The van der Waals surface area contributed by atoms with Gasteiger partial charge in [0.15, 0.2) is 4.34 Å². The minimum atomic E-state index is -0.154. The Morgan fingerprint density at radius 2 is 2.00 bits per heavy atom. The third-order valence-corrected chi connectivity index (χ3v) is 6.32. The molecule has 0 bridgehead atoms. The van der Waals surface area contributed by atoms with Crippen molar-refractivity contribution in [1.29, 1.82) is 0 Å². The van der Waals surface area contributed by atoms with Crippen LogP contribution in [-0.2, 0) is 4.79 Å². The van der Waals surface area contributed by atoms with Gasteiger partial charge < -0.3 is 5.32 Å². The van der Waals surface area contributed by atoms with Gasteiger partial charge in [-0.1, -0.05) is 46.7 Å². The van der Waals surface area contributed by atoms with Crippen molar-refractivity contribution in [2.45, 2.75) is 22.9 Å². The van der Waals surface area contributed by atoms with Crippen molar-refractivity contribution in [3.63, 3.8) is 0 Å². The Bertz CT molecular complexity index is 784. The van der Waals surface area contributed by atoms with Crippen LogP contribution in [-0.4, -0.2) is 16.1 Å². The van der Waals surface area contributed by atoms with Crippen LogP contribution in [0.4, 0.5) is 5.69 Å². The number of anilines is 1. The third kappa shape index (κ3) is 4.13. The molecular weight excluding hydrogens is 392 g/mol. The molecule has 0 saturated carbocycles. The van der Waals surface area contributed by atoms with Gasteiger partial charge in [-0.15, -0.1) is 11.3 Å². The van der Waals surface area contributed by atoms with E-state index in [2.05, 4.69) is 32.3 Å². The standard InChI is InChI=1S/C17H15BrN2OS2/c1-2-14(16(21)19-12-9-7-11(18)8-10-12)22-17-20-13-5-3-4-6-15(13)23-17/h3-10,14H,2H2,1H3,(H,19,21)/t14-/m0/s1. The molecule has 1 heterocycles. The molecule has 3 nitrogen and oxygen atoms in total. The second kappa shape index (κ2) is 7.47. The van der Waals surface area contributed by atoms with Crippen LogP contribution in [0, 0.1) is 0 Å². The summed E-state index contributed by atoms with van der Waals surface area (Å²) >= 11 is 6.55. The molecule has 0 unspecified atom stereocenters. The number of halogens is 1. The second-order valence-electron chi connectivity index (χ2n) is 4.96. The molecule has 3 rings (SSSR count). The van der Waals surface area contributed by atoms with Gasteiger partial charge in [-0.05, 0) is 42.8 Å². The molecule has 1 atom stereocenters. The number of hydrogen-bond donors (Lipinski definition) is 1. The highest BCUT2D eigenvalue weighted by Gasteiger charge is 2.20. The van der Waals surface area contributed by atoms with E-state index < -0.39 is 0 Å². The van der Waals surface area contributed by atoms with E-state index >= 15 is 0 Å². The molecule has 0 spiro atoms. The lowest BCUT2D eigenvalue weighted by Gasteiger charge is -2.13. The van der Waals surface area contributed by atoms with Crippen molar-refractivity contribution in [2.75, 3.05) is 5.32 Å². The molecule has 118 valence electrons. The van der Waals surface area contributed by atoms with Crippen molar-refractivity contribution in [2.24, 2.45) is 0 Å². The Kier molecular flexibility index (Phi) is 5.35. The van der Waals surface area contributed by atoms with Crippen LogP contribution < -0.4 is 5.32 Å². The van der Waals surface area contributed by atoms with Crippen molar-refractivity contribution in [3.05, 3.63) is 53.0 Å². The van der Waals surface area contributed by atoms with E-state index in [0.29, 0.717) is 0 Å². The van der Waals surface area contributed by atoms with E-state index in [-0.39, 0.29) is 11.2 Å². The number of nitrogens with zero attached hydrogens (tertiary/aromatic N) is 1. The third-order valence-electron chi connectivity index (χ3n) is 3.29. The Labute approximate surface area is 151 Å². The van der Waals surface area contributed by atoms with Gasteiger partial charge in [-0.25, -0.2) is 4.98 Å². The zero-order chi connectivity index (χ0) is 16.2. The van der Waals surface area contributed by atoms with E-state index in [1.165, 1.54) is 11.8 Å². The van der Waals surface area contributed by atoms with Crippen molar-refractivity contribution < 1.29 is 4.79 Å². The minimum absolute atomic E-state index is 0.0130. The van der Waals surface area contributed by atoms with E-state index in [0.717, 1.165) is 31.1 Å². The summed E-state index contributed by atoms with van der Waals surface area (Å²) in [6.07, 6.45) is 0.753. The predicted octanol–water partition coefficient (Wildman–Crippen LogP) is 5.57. The smallest absolute Gasteiger partial charge is 0.237 e. The van der Waals surface area contributed by atoms with Crippen LogP contribution in [0.5, 0.6) is 0 Å². The zero-order valence-electron chi connectivity index (χ0n) is 12.5. The first-order chi connectivity index (χ1) is 11.2. The summed E-state index contributed by atoms with van der Waals surface area (Å²) in [6, 6.07) is 15.6. The molecule has 1 amide bonds. The van der Waals surface area contributed by atoms with E-state index in [1.54, 1.807) is 11.3 Å². The number of carbonyl (C=O) groups excluding carboxylic acids is 1. The number of amides is 1. The molecule has 0 aliphatic rings. The maximum Gasteiger partial charge on any atom is 0.237 e. The fourth-order valence-electron chi connectivity index (χ4n) is 2.10. The van der Waals surface area contributed by atoms with Gasteiger partial charge >= 0.3 is 0 Å². The van der Waals surface area contributed by atoms with Crippen molar-refractivity contribution in [3.8, 4) is 0 Å². The number of rotatable bonds is 5. The molecule has 0 aliphatic carbocycles. The molecule has 0 saturated heterocycles. The van der Waals surface area contributed by atoms with Gasteiger partial charge in [0.25, 0.3) is 0 Å². The second-order valence-corrected chi connectivity index (χ2v) is 8.35. The lowest BCUT2D eigenvalue weighted by Crippen LogP contribution is -2.24. The first-order valence-electron chi connectivity index (χ1n) is 7.24. The molecular formula is C17H15BrN2OS2. The fourth-order valence-corrected chi connectivity index (χ4v) is 4.60. The summed E-state index contributed by atoms with van der Waals surface area (Å²) in [5.41, 5.74) is 1.80. The van der Waals surface area contributed by atoms with Crippen LogP contribution in [0.25, 0.3) is 10.2 Å². The lowest BCUT2D eigenvalue weighted by molar-refractivity contribution is -0.115. The van der Waals surface area contributed by atoms with Crippen LogP contribution in [0.1, 0.15) is 13.3 Å². The first kappa shape index (κ1) is 16.5. The molecule has 0 aliphatic heterocycles. The van der Waals surface area contributed by atoms with E-state index in [9.17, 15) is 4.79 Å². The van der Waals surface area contributed by atoms with Crippen molar-refractivity contribution >= 4 is 60.8 Å². The highest BCUT2D eigenvalue weighted by Crippen LogP contribution is 2.33. The SMILES string of the molecule is CC[C@H](Sc1nc2ccccc2s1)C(=O)Nc1ccc(Br)cc1. The van der Waals surface area contributed by atoms with E-state index in [1.807, 2.05) is 49.4 Å². The molecule has 0 radical (unpaired) electrons. The number of benzene rings is 2. The molecule has 0 fully saturated rings. The molecule has 23 heavy (non-hydrogen) atoms. The van der Waals surface area contributed by atoms with Gasteiger partial charge in [0.05, 0.1) is 15.5 Å². The molecule has 6 heteroatoms. The van der Waals surface area contributed by atoms with Gasteiger partial charge in [0.2, 0.25) is 5.91 Å². The van der Waals surface area contributed by atoms with Gasteiger partial charge in [-0.3, -0.25) is 4.79 Å². The average Bonchev–Trinajstić information content (AvgIpc) is 2.97. The number of fused-ring (bicyclic) bond motifs is 1. The lowest BCUT2D eigenvalue weighted by atomic mass is 10.3. The Hall–Kier alpha value is -1.37. The summed E-state index contributed by atoms with van der Waals surface area (Å²) in [7, 11) is 0. The van der Waals surface area contributed by atoms with Gasteiger partial charge in [0, 0.05) is 10.2 Å². The maximum atomic E-state index is 12.5. The largest absolute Gasteiger partial charge is 0.325 e. The highest BCUT2D eigenvalue weighted by atomic mass is 79.9. The average molecular weight is 407 g/mol. The van der Waals surface area contributed by atoms with Crippen molar-refractivity contribution in [1.82, 2.24) is 4.98 Å². The summed E-state index contributed by atoms with van der Waals surface area (Å²) in [5, 5.41) is 2.82. The van der Waals surface area contributed by atoms with Gasteiger partial charge in [0.1, 0.15) is 0 Å². The summed E-state index contributed by atoms with van der Waals surface area (Å²) in [4.78, 5) is 17.1. The topological polar surface area (TPSA) is 42.0 Å². The van der Waals surface area contributed by atoms with Gasteiger partial charge in [-0.2, -0.15) is 0 Å². The van der Waals surface area contributed by atoms with E-state index in [4.69, 9.17) is 0 Å². The maximum absolute atomic E-state index is 12.5. The Balaban J connectivity index is 1.71. The number of thioether (sulfide) groups is 1.